The van der Waals surface area contributed by atoms with Gasteiger partial charge in [0.25, 0.3) is 5.91 Å². The van der Waals surface area contributed by atoms with Crippen LogP contribution in [0.2, 0.25) is 0 Å². The minimum Gasteiger partial charge on any atom is -0.497 e. The van der Waals surface area contributed by atoms with E-state index in [2.05, 4.69) is 5.32 Å². The molecule has 0 aliphatic heterocycles. The molecule has 134 valence electrons. The molecule has 25 heavy (non-hydrogen) atoms. The molecule has 0 aliphatic rings. The molecule has 1 atom stereocenters. The molecule has 1 N–H and O–H groups in total. The van der Waals surface area contributed by atoms with Crippen molar-refractivity contribution in [2.24, 2.45) is 0 Å². The molecule has 0 bridgehead atoms. The largest absolute Gasteiger partial charge is 0.497 e. The van der Waals surface area contributed by atoms with Crippen molar-refractivity contribution < 1.29 is 18.7 Å². The van der Waals surface area contributed by atoms with E-state index < -0.39 is 6.10 Å². The van der Waals surface area contributed by atoms with Gasteiger partial charge in [0.05, 0.1) is 7.11 Å². The SMILES string of the molecule is COc1ccc(OC(C)C(=O)NCCSCc2ccccc2F)cc1. The van der Waals surface area contributed by atoms with Gasteiger partial charge in [0.15, 0.2) is 6.10 Å². The van der Waals surface area contributed by atoms with Crippen LogP contribution in [-0.2, 0) is 10.5 Å². The fourth-order valence-electron chi connectivity index (χ4n) is 2.10. The summed E-state index contributed by atoms with van der Waals surface area (Å²) in [5.74, 6) is 2.26. The van der Waals surface area contributed by atoms with Crippen LogP contribution >= 0.6 is 11.8 Å². The third-order valence-corrected chi connectivity index (χ3v) is 4.51. The van der Waals surface area contributed by atoms with Gasteiger partial charge in [0, 0.05) is 18.1 Å². The fourth-order valence-corrected chi connectivity index (χ4v) is 2.94. The molecule has 1 unspecified atom stereocenters. The van der Waals surface area contributed by atoms with Gasteiger partial charge in [-0.3, -0.25) is 4.79 Å². The van der Waals surface area contributed by atoms with Crippen LogP contribution in [0.1, 0.15) is 12.5 Å². The lowest BCUT2D eigenvalue weighted by Crippen LogP contribution is -2.37. The number of ether oxygens (including phenoxy) is 2. The van der Waals surface area contributed by atoms with E-state index in [-0.39, 0.29) is 11.7 Å². The highest BCUT2D eigenvalue weighted by molar-refractivity contribution is 7.98. The van der Waals surface area contributed by atoms with Gasteiger partial charge in [0.2, 0.25) is 0 Å². The van der Waals surface area contributed by atoms with Gasteiger partial charge in [0.1, 0.15) is 17.3 Å². The number of carbonyl (C=O) groups is 1. The van der Waals surface area contributed by atoms with Gasteiger partial charge in [-0.05, 0) is 42.8 Å². The second kappa shape index (κ2) is 9.93. The highest BCUT2D eigenvalue weighted by Crippen LogP contribution is 2.18. The van der Waals surface area contributed by atoms with Crippen LogP contribution in [0.25, 0.3) is 0 Å². The van der Waals surface area contributed by atoms with Crippen LogP contribution in [-0.4, -0.2) is 31.4 Å². The van der Waals surface area contributed by atoms with Crippen molar-refractivity contribution in [1.82, 2.24) is 5.32 Å². The smallest absolute Gasteiger partial charge is 0.260 e. The Kier molecular flexibility index (Phi) is 7.60. The van der Waals surface area contributed by atoms with Crippen molar-refractivity contribution in [3.63, 3.8) is 0 Å². The van der Waals surface area contributed by atoms with Gasteiger partial charge in [-0.1, -0.05) is 18.2 Å². The molecular weight excluding hydrogens is 341 g/mol. The summed E-state index contributed by atoms with van der Waals surface area (Å²) in [7, 11) is 1.59. The summed E-state index contributed by atoms with van der Waals surface area (Å²) in [5, 5.41) is 2.82. The number of benzene rings is 2. The second-order valence-corrected chi connectivity index (χ2v) is 6.48. The summed E-state index contributed by atoms with van der Waals surface area (Å²) >= 11 is 1.57. The molecule has 1 amide bonds. The zero-order valence-electron chi connectivity index (χ0n) is 14.3. The normalized spacial score (nSPS) is 11.6. The van der Waals surface area contributed by atoms with Crippen molar-refractivity contribution in [3.05, 3.63) is 59.9 Å². The molecule has 2 rings (SSSR count). The van der Waals surface area contributed by atoms with E-state index in [9.17, 15) is 9.18 Å². The number of halogens is 1. The van der Waals surface area contributed by atoms with E-state index in [4.69, 9.17) is 9.47 Å². The maximum atomic E-state index is 13.5. The zero-order chi connectivity index (χ0) is 18.1. The lowest BCUT2D eigenvalue weighted by Gasteiger charge is -2.15. The molecule has 0 fully saturated rings. The van der Waals surface area contributed by atoms with E-state index in [0.717, 1.165) is 5.75 Å². The summed E-state index contributed by atoms with van der Waals surface area (Å²) in [5.41, 5.74) is 0.676. The number of rotatable bonds is 9. The van der Waals surface area contributed by atoms with E-state index in [0.29, 0.717) is 29.4 Å². The molecule has 6 heteroatoms. The molecule has 0 saturated carbocycles. The second-order valence-electron chi connectivity index (χ2n) is 5.37. The number of nitrogens with one attached hydrogen (secondary N) is 1. The number of amides is 1. The maximum Gasteiger partial charge on any atom is 0.260 e. The predicted molar refractivity (Wildman–Crippen MR) is 98.7 cm³/mol. The molecule has 0 spiro atoms. The standard InChI is InChI=1S/C19H22FNO3S/c1-14(24-17-9-7-16(23-2)8-10-17)19(22)21-11-12-25-13-15-5-3-4-6-18(15)20/h3-10,14H,11-13H2,1-2H3,(H,21,22). The minimum atomic E-state index is -0.593. The van der Waals surface area contributed by atoms with Crippen molar-refractivity contribution in [3.8, 4) is 11.5 Å². The molecule has 0 aromatic heterocycles. The third kappa shape index (κ3) is 6.31. The first-order valence-corrected chi connectivity index (χ1v) is 9.15. The predicted octanol–water partition coefficient (Wildman–Crippen LogP) is 3.65. The van der Waals surface area contributed by atoms with Crippen LogP contribution < -0.4 is 14.8 Å². The molecule has 2 aromatic carbocycles. The molecule has 0 aliphatic carbocycles. The minimum absolute atomic E-state index is 0.178. The summed E-state index contributed by atoms with van der Waals surface area (Å²) in [4.78, 5) is 12.0. The van der Waals surface area contributed by atoms with Gasteiger partial charge in [-0.25, -0.2) is 4.39 Å². The highest BCUT2D eigenvalue weighted by atomic mass is 32.2. The molecule has 0 heterocycles. The lowest BCUT2D eigenvalue weighted by molar-refractivity contribution is -0.127. The molecule has 4 nitrogen and oxygen atoms in total. The van der Waals surface area contributed by atoms with E-state index in [1.165, 1.54) is 6.07 Å². The Morgan fingerprint density at radius 1 is 1.16 bits per heavy atom. The average Bonchev–Trinajstić information content (AvgIpc) is 2.63. The summed E-state index contributed by atoms with van der Waals surface area (Å²) in [6.45, 7) is 2.21. The molecule has 2 aromatic rings. The first-order valence-electron chi connectivity index (χ1n) is 7.99. The Balaban J connectivity index is 1.66. The number of hydrogen-bond acceptors (Lipinski definition) is 4. The van der Waals surface area contributed by atoms with Crippen molar-refractivity contribution in [1.29, 1.82) is 0 Å². The van der Waals surface area contributed by atoms with Crippen molar-refractivity contribution in [2.45, 2.75) is 18.8 Å². The van der Waals surface area contributed by atoms with Crippen molar-refractivity contribution in [2.75, 3.05) is 19.4 Å². The number of thioether (sulfide) groups is 1. The highest BCUT2D eigenvalue weighted by Gasteiger charge is 2.14. The van der Waals surface area contributed by atoms with Crippen LogP contribution in [0.5, 0.6) is 11.5 Å². The number of carbonyl (C=O) groups excluding carboxylic acids is 1. The molecule has 0 radical (unpaired) electrons. The van der Waals surface area contributed by atoms with Crippen LogP contribution in [0.3, 0.4) is 0 Å². The third-order valence-electron chi connectivity index (χ3n) is 3.50. The van der Waals surface area contributed by atoms with Crippen LogP contribution in [0.15, 0.2) is 48.5 Å². The average molecular weight is 363 g/mol. The Morgan fingerprint density at radius 3 is 2.52 bits per heavy atom. The Hall–Kier alpha value is -2.21. The molecular formula is C19H22FNO3S. The lowest BCUT2D eigenvalue weighted by atomic mass is 10.2. The Labute approximate surface area is 151 Å². The van der Waals surface area contributed by atoms with Crippen LogP contribution in [0.4, 0.5) is 4.39 Å². The zero-order valence-corrected chi connectivity index (χ0v) is 15.1. The monoisotopic (exact) mass is 363 g/mol. The number of hydrogen-bond donors (Lipinski definition) is 1. The first-order chi connectivity index (χ1) is 12.1. The fraction of sp³-hybridized carbons (Fsp3) is 0.316. The van der Waals surface area contributed by atoms with E-state index >= 15 is 0 Å². The topological polar surface area (TPSA) is 47.6 Å². The van der Waals surface area contributed by atoms with Crippen molar-refractivity contribution >= 4 is 17.7 Å². The van der Waals surface area contributed by atoms with E-state index in [1.807, 2.05) is 6.07 Å². The first kappa shape index (κ1) is 19.1. The van der Waals surface area contributed by atoms with Gasteiger partial charge < -0.3 is 14.8 Å². The maximum absolute atomic E-state index is 13.5. The Morgan fingerprint density at radius 2 is 1.84 bits per heavy atom. The summed E-state index contributed by atoms with van der Waals surface area (Å²) < 4.78 is 24.2. The van der Waals surface area contributed by atoms with Gasteiger partial charge in [-0.2, -0.15) is 11.8 Å². The summed E-state index contributed by atoms with van der Waals surface area (Å²) in [6, 6.07) is 13.8. The van der Waals surface area contributed by atoms with Crippen LogP contribution in [0, 0.1) is 5.82 Å². The summed E-state index contributed by atoms with van der Waals surface area (Å²) in [6.07, 6.45) is -0.593. The quantitative estimate of drug-likeness (QED) is 0.691. The van der Waals surface area contributed by atoms with Gasteiger partial charge in [-0.15, -0.1) is 0 Å². The molecule has 0 saturated heterocycles. The number of methoxy groups -OCH3 is 1. The Bertz CT molecular complexity index is 679. The van der Waals surface area contributed by atoms with E-state index in [1.54, 1.807) is 62.2 Å². The van der Waals surface area contributed by atoms with Gasteiger partial charge >= 0.3 is 0 Å².